The van der Waals surface area contributed by atoms with Crippen molar-refractivity contribution in [1.82, 2.24) is 20.2 Å². The number of likely N-dealkylation sites (N-methyl/N-ethyl adjacent to an activating group) is 1. The molecular formula is C17H25N5S. The molecule has 0 saturated carbocycles. The number of aromatic nitrogens is 2. The lowest BCUT2D eigenvalue weighted by Crippen LogP contribution is -2.30. The Morgan fingerprint density at radius 3 is 2.61 bits per heavy atom. The molecule has 1 N–H and O–H groups in total. The quantitative estimate of drug-likeness (QED) is 0.845. The second-order valence-electron chi connectivity index (χ2n) is 6.21. The molecule has 2 aromatic rings. The van der Waals surface area contributed by atoms with Crippen LogP contribution in [0, 0.1) is 0 Å². The summed E-state index contributed by atoms with van der Waals surface area (Å²) in [6.45, 7) is 3.89. The van der Waals surface area contributed by atoms with Gasteiger partial charge in [0, 0.05) is 49.0 Å². The highest BCUT2D eigenvalue weighted by Gasteiger charge is 2.16. The number of nitrogens with one attached hydrogen (secondary N) is 1. The van der Waals surface area contributed by atoms with Crippen molar-refractivity contribution >= 4 is 17.3 Å². The van der Waals surface area contributed by atoms with E-state index in [1.807, 2.05) is 23.7 Å². The first kappa shape index (κ1) is 16.4. The average Bonchev–Trinajstić information content (AvgIpc) is 3.25. The van der Waals surface area contributed by atoms with Crippen LogP contribution in [0.25, 0.3) is 0 Å². The Morgan fingerprint density at radius 1 is 1.26 bits per heavy atom. The first-order valence-corrected chi connectivity index (χ1v) is 9.08. The van der Waals surface area contributed by atoms with Gasteiger partial charge in [0.05, 0.1) is 6.04 Å². The van der Waals surface area contributed by atoms with Gasteiger partial charge >= 0.3 is 0 Å². The monoisotopic (exact) mass is 331 g/mol. The molecule has 1 aliphatic rings. The van der Waals surface area contributed by atoms with Crippen molar-refractivity contribution in [3.63, 3.8) is 0 Å². The van der Waals surface area contributed by atoms with Crippen LogP contribution in [0.4, 0.5) is 5.95 Å². The lowest BCUT2D eigenvalue weighted by Gasteiger charge is -2.23. The van der Waals surface area contributed by atoms with Crippen molar-refractivity contribution < 1.29 is 0 Å². The van der Waals surface area contributed by atoms with Gasteiger partial charge < -0.3 is 15.1 Å². The van der Waals surface area contributed by atoms with Gasteiger partial charge in [-0.15, -0.1) is 11.3 Å². The minimum atomic E-state index is 0.403. The van der Waals surface area contributed by atoms with E-state index in [2.05, 4.69) is 56.7 Å². The Balaban J connectivity index is 1.51. The summed E-state index contributed by atoms with van der Waals surface area (Å²) in [5.41, 5.74) is 1.14. The van der Waals surface area contributed by atoms with Crippen molar-refractivity contribution in [2.75, 3.05) is 38.6 Å². The van der Waals surface area contributed by atoms with E-state index in [0.29, 0.717) is 6.04 Å². The fourth-order valence-corrected chi connectivity index (χ4v) is 3.81. The van der Waals surface area contributed by atoms with Crippen LogP contribution in [0.1, 0.15) is 29.3 Å². The highest BCUT2D eigenvalue weighted by molar-refractivity contribution is 7.10. The fourth-order valence-electron chi connectivity index (χ4n) is 2.89. The van der Waals surface area contributed by atoms with Gasteiger partial charge in [-0.25, -0.2) is 9.97 Å². The Morgan fingerprint density at radius 2 is 2.00 bits per heavy atom. The lowest BCUT2D eigenvalue weighted by molar-refractivity contribution is 0.292. The molecule has 1 fully saturated rings. The Bertz CT molecular complexity index is 576. The molecule has 6 heteroatoms. The van der Waals surface area contributed by atoms with Crippen LogP contribution < -0.4 is 10.2 Å². The van der Waals surface area contributed by atoms with Gasteiger partial charge in [-0.3, -0.25) is 0 Å². The molecule has 0 aromatic carbocycles. The van der Waals surface area contributed by atoms with E-state index in [1.165, 1.54) is 17.7 Å². The van der Waals surface area contributed by atoms with E-state index in [1.54, 1.807) is 0 Å². The predicted octanol–water partition coefficient (Wildman–Crippen LogP) is 2.53. The van der Waals surface area contributed by atoms with Gasteiger partial charge in [-0.1, -0.05) is 6.07 Å². The van der Waals surface area contributed by atoms with Crippen LogP contribution in [0.5, 0.6) is 0 Å². The first-order chi connectivity index (χ1) is 11.2. The van der Waals surface area contributed by atoms with Gasteiger partial charge in [0.1, 0.15) is 0 Å². The topological polar surface area (TPSA) is 44.3 Å². The van der Waals surface area contributed by atoms with Crippen molar-refractivity contribution in [2.24, 2.45) is 0 Å². The zero-order valence-electron chi connectivity index (χ0n) is 13.9. The minimum Gasteiger partial charge on any atom is -0.341 e. The van der Waals surface area contributed by atoms with Crippen molar-refractivity contribution in [2.45, 2.75) is 25.4 Å². The maximum Gasteiger partial charge on any atom is 0.225 e. The van der Waals surface area contributed by atoms with E-state index in [4.69, 9.17) is 0 Å². The number of nitrogens with zero attached hydrogens (tertiary/aromatic N) is 4. The van der Waals surface area contributed by atoms with Gasteiger partial charge in [0.2, 0.25) is 5.95 Å². The largest absolute Gasteiger partial charge is 0.341 e. The second-order valence-corrected chi connectivity index (χ2v) is 7.19. The number of anilines is 1. The van der Waals surface area contributed by atoms with Crippen LogP contribution in [0.3, 0.4) is 0 Å². The summed E-state index contributed by atoms with van der Waals surface area (Å²) < 4.78 is 0. The van der Waals surface area contributed by atoms with Crippen LogP contribution in [-0.2, 0) is 6.54 Å². The summed E-state index contributed by atoms with van der Waals surface area (Å²) in [5, 5.41) is 5.67. The number of rotatable bonds is 7. The molecule has 2 aromatic heterocycles. The molecule has 124 valence electrons. The summed E-state index contributed by atoms with van der Waals surface area (Å²) in [7, 11) is 4.25. The molecule has 3 heterocycles. The highest BCUT2D eigenvalue weighted by atomic mass is 32.1. The minimum absolute atomic E-state index is 0.403. The summed E-state index contributed by atoms with van der Waals surface area (Å²) >= 11 is 1.81. The molecule has 1 aliphatic heterocycles. The zero-order valence-corrected chi connectivity index (χ0v) is 14.7. The van der Waals surface area contributed by atoms with Gasteiger partial charge in [-0.05, 0) is 38.4 Å². The normalized spacial score (nSPS) is 16.2. The van der Waals surface area contributed by atoms with E-state index in [-0.39, 0.29) is 0 Å². The van der Waals surface area contributed by atoms with Crippen molar-refractivity contribution in [1.29, 1.82) is 0 Å². The van der Waals surface area contributed by atoms with Gasteiger partial charge in [0.15, 0.2) is 0 Å². The second kappa shape index (κ2) is 7.86. The van der Waals surface area contributed by atoms with E-state index in [0.717, 1.165) is 37.7 Å². The molecule has 0 spiro atoms. The highest BCUT2D eigenvalue weighted by Crippen LogP contribution is 2.22. The Labute approximate surface area is 142 Å². The number of hydrogen-bond donors (Lipinski definition) is 1. The third kappa shape index (κ3) is 4.28. The molecule has 0 radical (unpaired) electrons. The van der Waals surface area contributed by atoms with Crippen molar-refractivity contribution in [3.05, 3.63) is 40.3 Å². The number of hydrogen-bond acceptors (Lipinski definition) is 6. The smallest absolute Gasteiger partial charge is 0.225 e. The molecule has 0 aliphatic carbocycles. The summed E-state index contributed by atoms with van der Waals surface area (Å²) in [6, 6.07) is 4.71. The molecule has 1 atom stereocenters. The van der Waals surface area contributed by atoms with Gasteiger partial charge in [-0.2, -0.15) is 0 Å². The molecule has 23 heavy (non-hydrogen) atoms. The van der Waals surface area contributed by atoms with E-state index < -0.39 is 0 Å². The summed E-state index contributed by atoms with van der Waals surface area (Å²) in [6.07, 6.45) is 6.40. The molecule has 5 nitrogen and oxygen atoms in total. The maximum atomic E-state index is 4.51. The lowest BCUT2D eigenvalue weighted by atomic mass is 10.2. The number of thiophene rings is 1. The maximum absolute atomic E-state index is 4.51. The SMILES string of the molecule is CN(C)[C@@H](CNCc1cnc(N2CCCC2)nc1)c1cccs1. The Kier molecular flexibility index (Phi) is 5.59. The zero-order chi connectivity index (χ0) is 16.1. The van der Waals surface area contributed by atoms with E-state index in [9.17, 15) is 0 Å². The van der Waals surface area contributed by atoms with Gasteiger partial charge in [0.25, 0.3) is 0 Å². The molecule has 0 unspecified atom stereocenters. The average molecular weight is 331 g/mol. The standard InChI is InChI=1S/C17H25N5S/c1-21(2)15(16-6-5-9-23-16)13-18-10-14-11-19-17(20-12-14)22-7-3-4-8-22/h5-6,9,11-12,15,18H,3-4,7-8,10,13H2,1-2H3/t15-/m0/s1. The third-order valence-electron chi connectivity index (χ3n) is 4.24. The molecule has 0 amide bonds. The van der Waals surface area contributed by atoms with Crippen molar-refractivity contribution in [3.8, 4) is 0 Å². The summed E-state index contributed by atoms with van der Waals surface area (Å²) in [4.78, 5) is 14.9. The van der Waals surface area contributed by atoms with E-state index >= 15 is 0 Å². The molecule has 3 rings (SSSR count). The predicted molar refractivity (Wildman–Crippen MR) is 95.9 cm³/mol. The summed E-state index contributed by atoms with van der Waals surface area (Å²) in [5.74, 6) is 0.871. The Hall–Kier alpha value is -1.50. The molecule has 0 bridgehead atoms. The van der Waals surface area contributed by atoms with Crippen LogP contribution >= 0.6 is 11.3 Å². The fraction of sp³-hybridized carbons (Fsp3) is 0.529. The molecular weight excluding hydrogens is 306 g/mol. The first-order valence-electron chi connectivity index (χ1n) is 8.20. The van der Waals surface area contributed by atoms with Crippen LogP contribution in [0.2, 0.25) is 0 Å². The third-order valence-corrected chi connectivity index (χ3v) is 5.22. The van der Waals surface area contributed by atoms with Crippen LogP contribution in [-0.4, -0.2) is 48.6 Å². The molecule has 1 saturated heterocycles. The van der Waals surface area contributed by atoms with Crippen LogP contribution in [0.15, 0.2) is 29.9 Å².